The fourth-order valence-corrected chi connectivity index (χ4v) is 4.19. The number of likely N-dealkylation sites (N-methyl/N-ethyl adjacent to an activating group) is 1. The van der Waals surface area contributed by atoms with Crippen molar-refractivity contribution in [2.75, 3.05) is 43.9 Å². The average Bonchev–Trinajstić information content (AvgIpc) is 3.22. The molecular formula is C15H23N3OS. The Bertz CT molecular complexity index is 513. The zero-order valence-corrected chi connectivity index (χ0v) is 13.1. The largest absolute Gasteiger partial charge is 0.397 e. The molecular weight excluding hydrogens is 270 g/mol. The molecule has 20 heavy (non-hydrogen) atoms. The van der Waals surface area contributed by atoms with Crippen molar-refractivity contribution in [1.29, 1.82) is 0 Å². The van der Waals surface area contributed by atoms with Crippen LogP contribution >= 0.6 is 11.3 Å². The second kappa shape index (κ2) is 5.37. The van der Waals surface area contributed by atoms with Crippen molar-refractivity contribution in [2.45, 2.75) is 32.1 Å². The summed E-state index contributed by atoms with van der Waals surface area (Å²) in [6.07, 6.45) is 2.99. The van der Waals surface area contributed by atoms with E-state index in [0.717, 1.165) is 36.7 Å². The number of nitrogens with zero attached hydrogens (tertiary/aromatic N) is 2. The van der Waals surface area contributed by atoms with Crippen LogP contribution < -0.4 is 10.6 Å². The number of anilines is 2. The number of thiophene rings is 1. The molecule has 110 valence electrons. The second-order valence-corrected chi connectivity index (χ2v) is 6.90. The predicted octanol–water partition coefficient (Wildman–Crippen LogP) is 2.55. The fraction of sp³-hybridized carbons (Fsp3) is 0.667. The molecule has 0 spiro atoms. The molecule has 2 heterocycles. The van der Waals surface area contributed by atoms with Crippen LogP contribution in [-0.4, -0.2) is 43.9 Å². The molecule has 1 saturated heterocycles. The third kappa shape index (κ3) is 2.44. The summed E-state index contributed by atoms with van der Waals surface area (Å²) in [6.45, 7) is 6.15. The number of ketones is 1. The molecule has 0 aromatic carbocycles. The number of piperazine rings is 1. The van der Waals surface area contributed by atoms with Gasteiger partial charge in [-0.25, -0.2) is 0 Å². The minimum atomic E-state index is 0.190. The maximum Gasteiger partial charge on any atom is 0.174 e. The van der Waals surface area contributed by atoms with E-state index < -0.39 is 0 Å². The van der Waals surface area contributed by atoms with Gasteiger partial charge in [-0.05, 0) is 25.8 Å². The smallest absolute Gasteiger partial charge is 0.174 e. The highest BCUT2D eigenvalue weighted by molar-refractivity contribution is 7.19. The highest BCUT2D eigenvalue weighted by atomic mass is 32.1. The van der Waals surface area contributed by atoms with Gasteiger partial charge in [-0.15, -0.1) is 11.3 Å². The number of Topliss-reactive ketones (excluding diaryl/α,β-unsaturated/α-hetero) is 1. The van der Waals surface area contributed by atoms with Crippen LogP contribution in [0.3, 0.4) is 0 Å². The van der Waals surface area contributed by atoms with Crippen molar-refractivity contribution < 1.29 is 4.79 Å². The molecule has 0 unspecified atom stereocenters. The van der Waals surface area contributed by atoms with E-state index in [1.165, 1.54) is 23.4 Å². The average molecular weight is 293 g/mol. The third-order valence-electron chi connectivity index (χ3n) is 4.31. The number of nitrogens with two attached hydrogens (primary N) is 1. The number of carbonyl (C=O) groups excluding carboxylic acids is 1. The lowest BCUT2D eigenvalue weighted by molar-refractivity contribution is 0.0993. The Morgan fingerprint density at radius 1 is 1.30 bits per heavy atom. The quantitative estimate of drug-likeness (QED) is 0.867. The second-order valence-electron chi connectivity index (χ2n) is 5.91. The van der Waals surface area contributed by atoms with Crippen molar-refractivity contribution in [1.82, 2.24) is 4.90 Å². The van der Waals surface area contributed by atoms with Crippen LogP contribution in [0.25, 0.3) is 0 Å². The van der Waals surface area contributed by atoms with Crippen LogP contribution in [0.5, 0.6) is 0 Å². The molecule has 4 nitrogen and oxygen atoms in total. The van der Waals surface area contributed by atoms with Gasteiger partial charge in [0.2, 0.25) is 0 Å². The van der Waals surface area contributed by atoms with Gasteiger partial charge in [-0.3, -0.25) is 4.79 Å². The van der Waals surface area contributed by atoms with Crippen LogP contribution in [0, 0.1) is 0 Å². The summed E-state index contributed by atoms with van der Waals surface area (Å²) in [4.78, 5) is 17.7. The number of hydrogen-bond donors (Lipinski definition) is 1. The van der Waals surface area contributed by atoms with Gasteiger partial charge >= 0.3 is 0 Å². The van der Waals surface area contributed by atoms with Gasteiger partial charge in [0, 0.05) is 38.2 Å². The van der Waals surface area contributed by atoms with E-state index in [2.05, 4.69) is 16.8 Å². The third-order valence-corrected chi connectivity index (χ3v) is 5.64. The van der Waals surface area contributed by atoms with Crippen molar-refractivity contribution in [2.24, 2.45) is 0 Å². The first-order valence-corrected chi connectivity index (χ1v) is 8.32. The molecule has 2 aliphatic rings. The fourth-order valence-electron chi connectivity index (χ4n) is 2.82. The van der Waals surface area contributed by atoms with Crippen LogP contribution in [0.2, 0.25) is 0 Å². The molecule has 2 fully saturated rings. The van der Waals surface area contributed by atoms with Gasteiger partial charge in [0.25, 0.3) is 0 Å². The molecule has 1 aliphatic heterocycles. The summed E-state index contributed by atoms with van der Waals surface area (Å²) in [7, 11) is 2.16. The highest BCUT2D eigenvalue weighted by Crippen LogP contribution is 2.52. The van der Waals surface area contributed by atoms with Gasteiger partial charge in [0.1, 0.15) is 0 Å². The molecule has 0 amide bonds. The topological polar surface area (TPSA) is 49.6 Å². The normalized spacial score (nSPS) is 20.4. The minimum Gasteiger partial charge on any atom is -0.397 e. The first-order valence-electron chi connectivity index (χ1n) is 7.50. The van der Waals surface area contributed by atoms with E-state index in [1.807, 2.05) is 6.92 Å². The number of carbonyl (C=O) groups is 1. The molecule has 5 heteroatoms. The van der Waals surface area contributed by atoms with E-state index >= 15 is 0 Å². The number of hydrogen-bond acceptors (Lipinski definition) is 5. The van der Waals surface area contributed by atoms with Gasteiger partial charge < -0.3 is 15.5 Å². The molecule has 0 bridgehead atoms. The molecule has 1 saturated carbocycles. The van der Waals surface area contributed by atoms with Crippen molar-refractivity contribution in [3.8, 4) is 0 Å². The Kier molecular flexibility index (Phi) is 3.73. The Morgan fingerprint density at radius 2 is 1.95 bits per heavy atom. The van der Waals surface area contributed by atoms with Gasteiger partial charge in [-0.1, -0.05) is 6.92 Å². The van der Waals surface area contributed by atoms with E-state index in [4.69, 9.17) is 5.73 Å². The van der Waals surface area contributed by atoms with E-state index in [0.29, 0.717) is 12.3 Å². The van der Waals surface area contributed by atoms with Crippen LogP contribution in [0.15, 0.2) is 0 Å². The molecule has 1 aromatic rings. The van der Waals surface area contributed by atoms with E-state index in [-0.39, 0.29) is 5.78 Å². The maximum atomic E-state index is 12.1. The zero-order valence-electron chi connectivity index (χ0n) is 12.3. The lowest BCUT2D eigenvalue weighted by atomic mass is 10.1. The summed E-state index contributed by atoms with van der Waals surface area (Å²) in [5, 5.41) is 1.27. The van der Waals surface area contributed by atoms with Gasteiger partial charge in [0.15, 0.2) is 5.78 Å². The van der Waals surface area contributed by atoms with Crippen LogP contribution in [0.4, 0.5) is 10.7 Å². The Hall–Kier alpha value is -1.07. The molecule has 1 aliphatic carbocycles. The first-order chi connectivity index (χ1) is 9.61. The lowest BCUT2D eigenvalue weighted by Gasteiger charge is -2.33. The van der Waals surface area contributed by atoms with Gasteiger partial charge in [-0.2, -0.15) is 0 Å². The standard InChI is InChI=1S/C15H23N3OS/c1-3-11(19)14-13(16)12(10-4-5-10)15(20-14)18-8-6-17(2)7-9-18/h10H,3-9,16H2,1-2H3. The SMILES string of the molecule is CCC(=O)c1sc(N2CCN(C)CC2)c(C2CC2)c1N. The maximum absolute atomic E-state index is 12.1. The van der Waals surface area contributed by atoms with Crippen LogP contribution in [-0.2, 0) is 0 Å². The van der Waals surface area contributed by atoms with Crippen molar-refractivity contribution in [3.63, 3.8) is 0 Å². The summed E-state index contributed by atoms with van der Waals surface area (Å²) in [6, 6.07) is 0. The summed E-state index contributed by atoms with van der Waals surface area (Å²) in [5.41, 5.74) is 8.36. The monoisotopic (exact) mass is 293 g/mol. The molecule has 1 aromatic heterocycles. The number of nitrogen functional groups attached to an aromatic ring is 1. The Morgan fingerprint density at radius 3 is 2.50 bits per heavy atom. The summed E-state index contributed by atoms with van der Waals surface area (Å²) >= 11 is 1.63. The molecule has 0 atom stereocenters. The Labute approximate surface area is 124 Å². The number of rotatable bonds is 4. The molecule has 3 rings (SSSR count). The van der Waals surface area contributed by atoms with E-state index in [1.54, 1.807) is 11.3 Å². The van der Waals surface area contributed by atoms with Crippen molar-refractivity contribution in [3.05, 3.63) is 10.4 Å². The highest BCUT2D eigenvalue weighted by Gasteiger charge is 2.34. The van der Waals surface area contributed by atoms with Crippen molar-refractivity contribution >= 4 is 27.8 Å². The van der Waals surface area contributed by atoms with Gasteiger partial charge in [0.05, 0.1) is 15.6 Å². The Balaban J connectivity index is 1.94. The summed E-state index contributed by atoms with van der Waals surface area (Å²) in [5.74, 6) is 0.786. The van der Waals surface area contributed by atoms with Crippen LogP contribution in [0.1, 0.15) is 47.3 Å². The predicted molar refractivity (Wildman–Crippen MR) is 85.0 cm³/mol. The molecule has 0 radical (unpaired) electrons. The first kappa shape index (κ1) is 13.9. The van der Waals surface area contributed by atoms with E-state index in [9.17, 15) is 4.79 Å². The minimum absolute atomic E-state index is 0.190. The zero-order chi connectivity index (χ0) is 14.3. The lowest BCUT2D eigenvalue weighted by Crippen LogP contribution is -2.44. The summed E-state index contributed by atoms with van der Waals surface area (Å²) < 4.78 is 0. The molecule has 2 N–H and O–H groups in total.